The van der Waals surface area contributed by atoms with Crippen LogP contribution in [0.4, 0.5) is 5.82 Å². The van der Waals surface area contributed by atoms with Crippen molar-refractivity contribution in [1.82, 2.24) is 24.4 Å². The molecule has 1 saturated heterocycles. The zero-order chi connectivity index (χ0) is 25.7. The molecule has 0 bridgehead atoms. The smallest absolute Gasteiger partial charge is 0.246 e. The lowest BCUT2D eigenvalue weighted by Gasteiger charge is -2.52. The van der Waals surface area contributed by atoms with Crippen molar-refractivity contribution in [3.8, 4) is 17.0 Å². The Bertz CT molecular complexity index is 1370. The van der Waals surface area contributed by atoms with Crippen molar-refractivity contribution in [1.29, 1.82) is 0 Å². The quantitative estimate of drug-likeness (QED) is 0.534. The third kappa shape index (κ3) is 3.85. The van der Waals surface area contributed by atoms with Gasteiger partial charge in [0.1, 0.15) is 17.8 Å². The number of hydrogen-bond donors (Lipinski definition) is 1. The molecule has 5 rings (SSSR count). The molecule has 3 aromatic rings. The fourth-order valence-electron chi connectivity index (χ4n) is 6.40. The number of amides is 1. The standard InChI is InChI=1S/C28H34N6O2/c1-6-21(35)34-14-13-28(16-27(34,2)3)11-9-18(10-12-28)24-22(19-7-8-20(36-5)30-15-19)23-25(29)31-17-32-26(23)33(24)4/h6-9,15,17H,1,10-14,16H2,2-5H3,(H2,29,31,32). The molecule has 8 heteroatoms. The maximum absolute atomic E-state index is 12.4. The minimum absolute atomic E-state index is 0.0221. The Labute approximate surface area is 211 Å². The van der Waals surface area contributed by atoms with E-state index in [-0.39, 0.29) is 16.9 Å². The van der Waals surface area contributed by atoms with E-state index in [2.05, 4.69) is 46.0 Å². The second kappa shape index (κ2) is 8.76. The lowest BCUT2D eigenvalue weighted by atomic mass is 9.63. The molecule has 2 N–H and O–H groups in total. The lowest BCUT2D eigenvalue weighted by Crippen LogP contribution is -2.55. The summed E-state index contributed by atoms with van der Waals surface area (Å²) in [6.45, 7) is 8.81. The molecule has 188 valence electrons. The summed E-state index contributed by atoms with van der Waals surface area (Å²) in [5.41, 5.74) is 11.5. The van der Waals surface area contributed by atoms with Gasteiger partial charge in [0.25, 0.3) is 0 Å². The average Bonchev–Trinajstić information content (AvgIpc) is 3.17. The Kier molecular flexibility index (Phi) is 5.85. The summed E-state index contributed by atoms with van der Waals surface area (Å²) in [6.07, 6.45) is 12.1. The van der Waals surface area contributed by atoms with Crippen LogP contribution in [-0.2, 0) is 11.8 Å². The van der Waals surface area contributed by atoms with Crippen LogP contribution in [0.5, 0.6) is 5.88 Å². The van der Waals surface area contributed by atoms with Crippen LogP contribution in [0, 0.1) is 5.41 Å². The number of aryl methyl sites for hydroxylation is 1. The second-order valence-corrected chi connectivity index (χ2v) is 10.7. The van der Waals surface area contributed by atoms with Crippen LogP contribution in [0.2, 0.25) is 0 Å². The highest BCUT2D eigenvalue weighted by Gasteiger charge is 2.45. The van der Waals surface area contributed by atoms with Gasteiger partial charge < -0.3 is 19.9 Å². The summed E-state index contributed by atoms with van der Waals surface area (Å²) in [6, 6.07) is 3.87. The molecule has 3 aromatic heterocycles. The third-order valence-electron chi connectivity index (χ3n) is 8.09. The summed E-state index contributed by atoms with van der Waals surface area (Å²) >= 11 is 0. The van der Waals surface area contributed by atoms with Crippen LogP contribution in [0.25, 0.3) is 27.7 Å². The number of anilines is 1. The molecule has 1 aliphatic heterocycles. The third-order valence-corrected chi connectivity index (χ3v) is 8.09. The molecule has 1 spiro atoms. The minimum atomic E-state index is -0.196. The van der Waals surface area contributed by atoms with Crippen molar-refractivity contribution in [3.05, 3.63) is 49.1 Å². The first kappa shape index (κ1) is 24.0. The van der Waals surface area contributed by atoms with Crippen molar-refractivity contribution in [2.45, 2.75) is 51.5 Å². The van der Waals surface area contributed by atoms with Crippen molar-refractivity contribution in [3.63, 3.8) is 0 Å². The van der Waals surface area contributed by atoms with E-state index in [9.17, 15) is 4.79 Å². The first-order chi connectivity index (χ1) is 17.2. The van der Waals surface area contributed by atoms with Crippen molar-refractivity contribution in [2.75, 3.05) is 19.4 Å². The molecular formula is C28H34N6O2. The number of piperidine rings is 1. The molecule has 0 saturated carbocycles. The van der Waals surface area contributed by atoms with E-state index in [1.165, 1.54) is 18.0 Å². The number of methoxy groups -OCH3 is 1. The van der Waals surface area contributed by atoms with Gasteiger partial charge in [-0.2, -0.15) is 0 Å². The maximum Gasteiger partial charge on any atom is 0.246 e. The van der Waals surface area contributed by atoms with Crippen molar-refractivity contribution in [2.24, 2.45) is 12.5 Å². The monoisotopic (exact) mass is 486 g/mol. The molecule has 1 atom stereocenters. The van der Waals surface area contributed by atoms with E-state index < -0.39 is 0 Å². The molecule has 1 fully saturated rings. The fraction of sp³-hybridized carbons (Fsp3) is 0.429. The summed E-state index contributed by atoms with van der Waals surface area (Å²) in [7, 11) is 3.65. The molecule has 4 heterocycles. The molecule has 0 aromatic carbocycles. The Hall–Kier alpha value is -3.68. The van der Waals surface area contributed by atoms with E-state index in [4.69, 9.17) is 10.5 Å². The van der Waals surface area contributed by atoms with Crippen LogP contribution < -0.4 is 10.5 Å². The largest absolute Gasteiger partial charge is 0.481 e. The summed E-state index contributed by atoms with van der Waals surface area (Å²) < 4.78 is 7.40. The number of carbonyl (C=O) groups excluding carboxylic acids is 1. The predicted molar refractivity (Wildman–Crippen MR) is 142 cm³/mol. The summed E-state index contributed by atoms with van der Waals surface area (Å²) in [4.78, 5) is 27.7. The van der Waals surface area contributed by atoms with Gasteiger partial charge in [-0.1, -0.05) is 12.7 Å². The van der Waals surface area contributed by atoms with Gasteiger partial charge >= 0.3 is 0 Å². The number of fused-ring (bicyclic) bond motifs is 1. The molecule has 1 unspecified atom stereocenters. The first-order valence-electron chi connectivity index (χ1n) is 12.4. The minimum Gasteiger partial charge on any atom is -0.481 e. The van der Waals surface area contributed by atoms with Gasteiger partial charge in [0.15, 0.2) is 0 Å². The van der Waals surface area contributed by atoms with E-state index in [1.54, 1.807) is 7.11 Å². The second-order valence-electron chi connectivity index (χ2n) is 10.7. The van der Waals surface area contributed by atoms with E-state index >= 15 is 0 Å². The Morgan fingerprint density at radius 2 is 2.03 bits per heavy atom. The van der Waals surface area contributed by atoms with Gasteiger partial charge in [-0.25, -0.2) is 15.0 Å². The van der Waals surface area contributed by atoms with Crippen LogP contribution in [-0.4, -0.2) is 49.5 Å². The topological polar surface area (TPSA) is 99.2 Å². The normalized spacial score (nSPS) is 21.4. The van der Waals surface area contributed by atoms with E-state index in [1.807, 2.05) is 30.3 Å². The van der Waals surface area contributed by atoms with Gasteiger partial charge in [-0.15, -0.1) is 0 Å². The summed E-state index contributed by atoms with van der Waals surface area (Å²) in [5, 5.41) is 0.848. The zero-order valence-corrected chi connectivity index (χ0v) is 21.5. The fourth-order valence-corrected chi connectivity index (χ4v) is 6.40. The SMILES string of the molecule is C=CC(=O)N1CCC2(CC=C(c3c(-c4ccc(OC)nc4)c4c(N)ncnc4n3C)CC2)CC1(C)C. The number of likely N-dealkylation sites (tertiary alicyclic amines) is 1. The van der Waals surface area contributed by atoms with Gasteiger partial charge in [0, 0.05) is 42.5 Å². The molecule has 0 radical (unpaired) electrons. The Balaban J connectivity index is 1.55. The molecule has 1 aliphatic carbocycles. The Morgan fingerprint density at radius 1 is 1.22 bits per heavy atom. The van der Waals surface area contributed by atoms with Crippen molar-refractivity contribution < 1.29 is 9.53 Å². The number of pyridine rings is 1. The number of nitrogens with two attached hydrogens (primary N) is 1. The number of allylic oxidation sites excluding steroid dienone is 2. The number of rotatable bonds is 4. The highest BCUT2D eigenvalue weighted by Crippen LogP contribution is 2.52. The van der Waals surface area contributed by atoms with Gasteiger partial charge in [0.05, 0.1) is 18.2 Å². The average molecular weight is 487 g/mol. The van der Waals surface area contributed by atoms with Crippen LogP contribution in [0.3, 0.4) is 0 Å². The molecule has 1 amide bonds. The number of hydrogen-bond acceptors (Lipinski definition) is 6. The van der Waals surface area contributed by atoms with Gasteiger partial charge in [-0.05, 0) is 69.1 Å². The number of carbonyl (C=O) groups is 1. The lowest BCUT2D eigenvalue weighted by molar-refractivity contribution is -0.136. The Morgan fingerprint density at radius 3 is 2.64 bits per heavy atom. The van der Waals surface area contributed by atoms with Crippen LogP contribution in [0.15, 0.2) is 43.4 Å². The number of nitrogens with zero attached hydrogens (tertiary/aromatic N) is 5. The predicted octanol–water partition coefficient (Wildman–Crippen LogP) is 4.76. The molecule has 36 heavy (non-hydrogen) atoms. The van der Waals surface area contributed by atoms with E-state index in [0.29, 0.717) is 11.7 Å². The first-order valence-corrected chi connectivity index (χ1v) is 12.4. The van der Waals surface area contributed by atoms with Gasteiger partial charge in [-0.3, -0.25) is 4.79 Å². The highest BCUT2D eigenvalue weighted by atomic mass is 16.5. The zero-order valence-electron chi connectivity index (χ0n) is 21.5. The van der Waals surface area contributed by atoms with E-state index in [0.717, 1.165) is 66.5 Å². The molecular weight excluding hydrogens is 452 g/mol. The number of ether oxygens (including phenoxy) is 1. The van der Waals surface area contributed by atoms with Gasteiger partial charge in [0.2, 0.25) is 11.8 Å². The number of nitrogen functional groups attached to an aromatic ring is 1. The molecule has 2 aliphatic rings. The highest BCUT2D eigenvalue weighted by molar-refractivity contribution is 6.05. The van der Waals surface area contributed by atoms with Crippen molar-refractivity contribution >= 4 is 28.3 Å². The number of aromatic nitrogens is 4. The maximum atomic E-state index is 12.4. The molecule has 8 nitrogen and oxygen atoms in total. The van der Waals surface area contributed by atoms with Crippen LogP contribution >= 0.6 is 0 Å². The van der Waals surface area contributed by atoms with Crippen LogP contribution in [0.1, 0.15) is 51.6 Å². The summed E-state index contributed by atoms with van der Waals surface area (Å²) in [5.74, 6) is 1.04.